The second-order valence-corrected chi connectivity index (χ2v) is 16.9. The molecule has 20 heteroatoms. The monoisotopic (exact) mass is 988 g/mol. The number of aromatic nitrogens is 2. The number of phosphoric acid groups is 1. The summed E-state index contributed by atoms with van der Waals surface area (Å²) in [5, 5.41) is 30.5. The second kappa shape index (κ2) is 21.9. The van der Waals surface area contributed by atoms with E-state index in [1.165, 1.54) is 55.6 Å². The Bertz CT molecular complexity index is 3460. The van der Waals surface area contributed by atoms with Gasteiger partial charge in [0.25, 0.3) is 0 Å². The summed E-state index contributed by atoms with van der Waals surface area (Å²) in [4.78, 5) is 72.3. The van der Waals surface area contributed by atoms with Crippen molar-refractivity contribution in [2.24, 2.45) is 14.1 Å². The zero-order valence-electron chi connectivity index (χ0n) is 39.8. The van der Waals surface area contributed by atoms with Crippen LogP contribution in [0.3, 0.4) is 0 Å². The van der Waals surface area contributed by atoms with Crippen molar-refractivity contribution in [3.05, 3.63) is 142 Å². The third-order valence-electron chi connectivity index (χ3n) is 11.3. The van der Waals surface area contributed by atoms with Gasteiger partial charge in [0, 0.05) is 24.3 Å². The average Bonchev–Trinajstić information content (AvgIpc) is 3.27. The molecule has 17 nitrogen and oxygen atoms in total. The first-order valence-corrected chi connectivity index (χ1v) is 22.0. The van der Waals surface area contributed by atoms with E-state index in [9.17, 15) is 48.8 Å². The molecule has 70 heavy (non-hydrogen) atoms. The minimum Gasteiger partial charge on any atom is -0.780 e. The normalized spacial score (nSPS) is 10.9. The minimum absolute atomic E-state index is 0. The number of aryl methyl sites for hydroxylation is 6. The van der Waals surface area contributed by atoms with E-state index in [-0.39, 0.29) is 104 Å². The van der Waals surface area contributed by atoms with Crippen LogP contribution in [0.1, 0.15) is 63.7 Å². The Morgan fingerprint density at radius 2 is 0.829 bits per heavy atom. The third kappa shape index (κ3) is 11.2. The molecule has 0 aliphatic rings. The Kier molecular flexibility index (Phi) is 17.1. The summed E-state index contributed by atoms with van der Waals surface area (Å²) < 4.78 is 41.7. The smallest absolute Gasteiger partial charge is 0.780 e. The molecule has 0 aliphatic heterocycles. The first-order valence-electron chi connectivity index (χ1n) is 20.5. The Hall–Kier alpha value is -6.11. The van der Waals surface area contributed by atoms with Crippen molar-refractivity contribution in [2.45, 2.75) is 27.7 Å². The average molecular weight is 989 g/mol. The van der Waals surface area contributed by atoms with E-state index >= 15 is 0 Å². The van der Waals surface area contributed by atoms with Crippen LogP contribution in [-0.4, -0.2) is 53.4 Å². The number of pyridine rings is 2. The Labute approximate surface area is 444 Å². The van der Waals surface area contributed by atoms with Gasteiger partial charge in [0.15, 0.2) is 0 Å². The molecular formula is C50H43N2Na2O15P+2. The SMILES string of the molecule is COc1ccc2c(c1)c(C(=O)Oc1c(C)cc(C(=O)O)cc1C)c1cc(O)ccc1[n+]2C.COc1ccc2c(c1)c(C(=O)Oc1c(C)cc(C(=O)O)cc1C)c1cc(OP(=O)([O-])[O-])ccc1[n+]2C.[Na+].[Na+]. The molecule has 6 aromatic carbocycles. The maximum Gasteiger partial charge on any atom is 1.00 e. The van der Waals surface area contributed by atoms with Crippen molar-refractivity contribution in [3.8, 4) is 34.5 Å². The molecule has 0 fully saturated rings. The summed E-state index contributed by atoms with van der Waals surface area (Å²) in [7, 11) is 1.31. The van der Waals surface area contributed by atoms with E-state index in [2.05, 4.69) is 4.52 Å². The quantitative estimate of drug-likeness (QED) is 0.0425. The number of methoxy groups -OCH3 is 2. The van der Waals surface area contributed by atoms with Gasteiger partial charge in [-0.05, 0) is 123 Å². The summed E-state index contributed by atoms with van der Waals surface area (Å²) in [6, 6.07) is 25.2. The van der Waals surface area contributed by atoms with Crippen LogP contribution in [0.5, 0.6) is 34.5 Å². The zero-order chi connectivity index (χ0) is 49.5. The largest absolute Gasteiger partial charge is 1.00 e. The van der Waals surface area contributed by atoms with Crippen molar-refractivity contribution < 1.29 is 141 Å². The molecule has 0 aliphatic carbocycles. The third-order valence-corrected chi connectivity index (χ3v) is 11.7. The number of rotatable bonds is 10. The van der Waals surface area contributed by atoms with Crippen LogP contribution in [0.4, 0.5) is 0 Å². The second-order valence-electron chi connectivity index (χ2n) is 15.8. The number of aromatic carboxylic acids is 2. The van der Waals surface area contributed by atoms with E-state index in [4.69, 9.17) is 18.9 Å². The number of phenolic OH excluding ortho intramolecular Hbond substituents is 1. The van der Waals surface area contributed by atoms with Crippen LogP contribution in [0, 0.1) is 27.7 Å². The standard InChI is InChI=1S/C25H22NO9P.C25H21NO6.2Na/c1-13-9-15(24(27)28)10-14(2)23(13)34-25(29)22-18-11-16(33-4)5-7-20(18)26(3)21-8-6-17(12-19(21)22)35-36(30,31)32;1-13-9-15(24(28)29)10-14(2)23(13)32-25(30)22-18-11-16(27)5-7-20(18)26(3)21-8-6-17(31-4)12-19(21)22;;/h5-12H,1-4H3,(H2-,27,28,30,31,32);5-12H,1-4H3,(H-,27,28,29,30);;/q;;2*+1. The molecule has 0 unspecified atom stereocenters. The number of hydrogen-bond donors (Lipinski definition) is 3. The number of hydrogen-bond acceptors (Lipinski definition) is 13. The molecule has 348 valence electrons. The van der Waals surface area contributed by atoms with Gasteiger partial charge in [-0.1, -0.05) is 0 Å². The van der Waals surface area contributed by atoms with Crippen LogP contribution in [0.2, 0.25) is 0 Å². The number of phosphoric ester groups is 1. The van der Waals surface area contributed by atoms with Crippen LogP contribution in [0.25, 0.3) is 43.6 Å². The number of carboxylic acids is 2. The minimum atomic E-state index is -5.35. The first-order chi connectivity index (χ1) is 32.1. The first kappa shape index (κ1) is 54.8. The molecule has 2 heterocycles. The number of benzene rings is 6. The van der Waals surface area contributed by atoms with Crippen molar-refractivity contribution in [3.63, 3.8) is 0 Å². The predicted octanol–water partition coefficient (Wildman–Crippen LogP) is 0.642. The van der Waals surface area contributed by atoms with Gasteiger partial charge in [-0.25, -0.2) is 19.2 Å². The number of carboxylic acid groups (broad SMARTS) is 2. The van der Waals surface area contributed by atoms with Crippen molar-refractivity contribution >= 4 is 75.3 Å². The van der Waals surface area contributed by atoms with Gasteiger partial charge < -0.3 is 53.1 Å². The van der Waals surface area contributed by atoms with Crippen LogP contribution < -0.4 is 102 Å². The summed E-state index contributed by atoms with van der Waals surface area (Å²) in [6.07, 6.45) is 0. The zero-order valence-corrected chi connectivity index (χ0v) is 44.7. The van der Waals surface area contributed by atoms with Gasteiger partial charge in [0.05, 0.1) is 58.0 Å². The van der Waals surface area contributed by atoms with Gasteiger partial charge in [0.2, 0.25) is 22.1 Å². The summed E-state index contributed by atoms with van der Waals surface area (Å²) in [5.41, 5.74) is 5.19. The molecule has 0 saturated heterocycles. The molecule has 0 saturated carbocycles. The van der Waals surface area contributed by atoms with Gasteiger partial charge in [0.1, 0.15) is 56.4 Å². The number of fused-ring (bicyclic) bond motifs is 4. The number of nitrogens with zero attached hydrogens (tertiary/aromatic N) is 2. The van der Waals surface area contributed by atoms with E-state index in [1.54, 1.807) is 82.8 Å². The van der Waals surface area contributed by atoms with Gasteiger partial charge in [-0.15, -0.1) is 0 Å². The molecule has 0 radical (unpaired) electrons. The molecule has 8 rings (SSSR count). The fourth-order valence-electron chi connectivity index (χ4n) is 8.23. The van der Waals surface area contributed by atoms with Crippen molar-refractivity contribution in [1.82, 2.24) is 0 Å². The maximum atomic E-state index is 13.7. The van der Waals surface area contributed by atoms with Crippen LogP contribution in [-0.2, 0) is 18.7 Å². The van der Waals surface area contributed by atoms with Gasteiger partial charge in [-0.2, -0.15) is 9.13 Å². The van der Waals surface area contributed by atoms with E-state index in [1.807, 2.05) is 23.7 Å². The number of phenols is 1. The summed E-state index contributed by atoms with van der Waals surface area (Å²) in [5.74, 6) is -2.27. The molecule has 0 bridgehead atoms. The molecular weight excluding hydrogens is 946 g/mol. The maximum absolute atomic E-state index is 13.7. The topological polar surface area (TPSA) is 246 Å². The van der Waals surface area contributed by atoms with Gasteiger partial charge >= 0.3 is 83.0 Å². The number of aromatic hydroxyl groups is 1. The van der Waals surface area contributed by atoms with Crippen LogP contribution >= 0.6 is 7.82 Å². The Morgan fingerprint density at radius 1 is 0.514 bits per heavy atom. The molecule has 2 aromatic heterocycles. The molecule has 0 amide bonds. The predicted molar refractivity (Wildman–Crippen MR) is 244 cm³/mol. The number of ether oxygens (including phenoxy) is 4. The van der Waals surface area contributed by atoms with E-state index in [0.717, 1.165) is 11.0 Å². The van der Waals surface area contributed by atoms with Crippen LogP contribution in [0.15, 0.2) is 97.1 Å². The number of carbonyl (C=O) groups excluding carboxylic acids is 2. The fraction of sp³-hybridized carbons (Fsp3) is 0.160. The van der Waals surface area contributed by atoms with E-state index < -0.39 is 31.7 Å². The fourth-order valence-corrected chi connectivity index (χ4v) is 8.60. The Balaban J connectivity index is 0.000000255. The summed E-state index contributed by atoms with van der Waals surface area (Å²) >= 11 is 0. The van der Waals surface area contributed by atoms with Crippen molar-refractivity contribution in [1.29, 1.82) is 0 Å². The molecule has 3 N–H and O–H groups in total. The number of carbonyl (C=O) groups is 4. The number of esters is 2. The molecule has 8 aromatic rings. The summed E-state index contributed by atoms with van der Waals surface area (Å²) in [6.45, 7) is 6.63. The molecule has 0 atom stereocenters. The molecule has 0 spiro atoms. The Morgan fingerprint density at radius 3 is 1.16 bits per heavy atom. The van der Waals surface area contributed by atoms with Gasteiger partial charge in [-0.3, -0.25) is 0 Å². The van der Waals surface area contributed by atoms with Crippen molar-refractivity contribution in [2.75, 3.05) is 14.2 Å². The van der Waals surface area contributed by atoms with E-state index in [0.29, 0.717) is 66.7 Å².